The second-order valence-electron chi connectivity index (χ2n) is 13.0. The van der Waals surface area contributed by atoms with Crippen LogP contribution in [0.25, 0.3) is 0 Å². The molecule has 0 bridgehead atoms. The summed E-state index contributed by atoms with van der Waals surface area (Å²) in [6.45, 7) is 12.9. The first-order valence-corrected chi connectivity index (χ1v) is 15.4. The number of carbonyl (C=O) groups is 1. The Labute approximate surface area is 248 Å². The number of nitrogen functional groups attached to an aromatic ring is 1. The van der Waals surface area contributed by atoms with Gasteiger partial charge < -0.3 is 20.3 Å². The van der Waals surface area contributed by atoms with Crippen LogP contribution in [0.3, 0.4) is 0 Å². The molecule has 2 aliphatic carbocycles. The number of nitrogens with zero attached hydrogens (tertiary/aromatic N) is 6. The van der Waals surface area contributed by atoms with E-state index in [4.69, 9.17) is 25.4 Å². The molecule has 2 N–H and O–H groups in total. The average Bonchev–Trinajstić information content (AvgIpc) is 3.73. The number of piperazine rings is 1. The Kier molecular flexibility index (Phi) is 7.85. The SMILES string of the molecule is C=CC(=O)N1CCN(c2nc(OC[C@@H]3C[C@@H](F)CN3C)nc3c2C[C@H](C)[C@@H](c2nc(N)cc(C)c2C2CC2)C3)C(C)C1. The summed E-state index contributed by atoms with van der Waals surface area (Å²) in [7, 11) is 1.93. The summed E-state index contributed by atoms with van der Waals surface area (Å²) in [4.78, 5) is 33.4. The van der Waals surface area contributed by atoms with Crippen LogP contribution in [0.15, 0.2) is 18.7 Å². The molecule has 10 heteroatoms. The summed E-state index contributed by atoms with van der Waals surface area (Å²) >= 11 is 0. The minimum atomic E-state index is -0.837. The van der Waals surface area contributed by atoms with Crippen LogP contribution >= 0.6 is 0 Å². The summed E-state index contributed by atoms with van der Waals surface area (Å²) in [6, 6.07) is 2.40. The molecule has 1 unspecified atom stereocenters. The molecule has 2 aromatic heterocycles. The number of likely N-dealkylation sites (N-methyl/N-ethyl adjacent to an activating group) is 1. The van der Waals surface area contributed by atoms with E-state index in [0.717, 1.165) is 35.6 Å². The molecule has 3 fully saturated rings. The maximum absolute atomic E-state index is 14.0. The molecule has 2 aliphatic heterocycles. The van der Waals surface area contributed by atoms with Gasteiger partial charge in [0, 0.05) is 49.7 Å². The fourth-order valence-electron chi connectivity index (χ4n) is 7.31. The number of ether oxygens (including phenoxy) is 1. The minimum absolute atomic E-state index is 0.0104. The molecule has 0 radical (unpaired) electrons. The van der Waals surface area contributed by atoms with Crippen LogP contribution in [0, 0.1) is 12.8 Å². The van der Waals surface area contributed by atoms with E-state index >= 15 is 0 Å². The van der Waals surface area contributed by atoms with Crippen molar-refractivity contribution in [3.63, 3.8) is 0 Å². The highest BCUT2D eigenvalue weighted by Gasteiger charge is 2.39. The smallest absolute Gasteiger partial charge is 0.318 e. The number of carbonyl (C=O) groups excluding carboxylic acids is 1. The van der Waals surface area contributed by atoms with Crippen LogP contribution in [-0.2, 0) is 17.6 Å². The molecule has 1 amide bonds. The van der Waals surface area contributed by atoms with Crippen molar-refractivity contribution < 1.29 is 13.9 Å². The van der Waals surface area contributed by atoms with Crippen molar-refractivity contribution in [2.75, 3.05) is 50.5 Å². The van der Waals surface area contributed by atoms with E-state index in [1.165, 1.54) is 30.0 Å². The second-order valence-corrected chi connectivity index (χ2v) is 13.0. The maximum atomic E-state index is 14.0. The third-order valence-corrected chi connectivity index (χ3v) is 9.76. The number of fused-ring (bicyclic) bond motifs is 1. The lowest BCUT2D eigenvalue weighted by atomic mass is 9.75. The maximum Gasteiger partial charge on any atom is 0.318 e. The zero-order valence-corrected chi connectivity index (χ0v) is 25.4. The third kappa shape index (κ3) is 5.57. The van der Waals surface area contributed by atoms with Crippen LogP contribution in [0.1, 0.15) is 73.0 Å². The average molecular weight is 578 g/mol. The van der Waals surface area contributed by atoms with Crippen molar-refractivity contribution in [2.24, 2.45) is 5.92 Å². The summed E-state index contributed by atoms with van der Waals surface area (Å²) in [5, 5.41) is 0. The van der Waals surface area contributed by atoms with E-state index in [9.17, 15) is 9.18 Å². The van der Waals surface area contributed by atoms with Gasteiger partial charge in [0.25, 0.3) is 0 Å². The molecule has 0 spiro atoms. The lowest BCUT2D eigenvalue weighted by molar-refractivity contribution is -0.126. The number of nitrogens with two attached hydrogens (primary N) is 1. The number of aromatic nitrogens is 3. The Morgan fingerprint density at radius 3 is 2.64 bits per heavy atom. The third-order valence-electron chi connectivity index (χ3n) is 9.76. The first-order valence-electron chi connectivity index (χ1n) is 15.4. The van der Waals surface area contributed by atoms with Crippen molar-refractivity contribution in [3.8, 4) is 6.01 Å². The van der Waals surface area contributed by atoms with Crippen molar-refractivity contribution >= 4 is 17.5 Å². The Morgan fingerprint density at radius 1 is 1.19 bits per heavy atom. The molecule has 42 heavy (non-hydrogen) atoms. The van der Waals surface area contributed by atoms with Gasteiger partial charge in [0.15, 0.2) is 0 Å². The fourth-order valence-corrected chi connectivity index (χ4v) is 7.31. The van der Waals surface area contributed by atoms with Crippen LogP contribution < -0.4 is 15.4 Å². The predicted octanol–water partition coefficient (Wildman–Crippen LogP) is 3.80. The number of likely N-dealkylation sites (tertiary alicyclic amines) is 1. The molecule has 6 rings (SSSR count). The highest BCUT2D eigenvalue weighted by Crippen LogP contribution is 2.48. The second kappa shape index (κ2) is 11.4. The molecule has 5 atom stereocenters. The lowest BCUT2D eigenvalue weighted by Crippen LogP contribution is -2.54. The van der Waals surface area contributed by atoms with Gasteiger partial charge in [-0.05, 0) is 88.1 Å². The van der Waals surface area contributed by atoms with Crippen molar-refractivity contribution in [1.29, 1.82) is 0 Å². The Balaban J connectivity index is 1.35. The molecule has 1 saturated carbocycles. The molecule has 4 heterocycles. The van der Waals surface area contributed by atoms with E-state index in [2.05, 4.69) is 32.3 Å². The molecular weight excluding hydrogens is 533 g/mol. The highest BCUT2D eigenvalue weighted by molar-refractivity contribution is 5.87. The van der Waals surface area contributed by atoms with E-state index in [0.29, 0.717) is 62.9 Å². The minimum Gasteiger partial charge on any atom is -0.462 e. The van der Waals surface area contributed by atoms with E-state index < -0.39 is 6.17 Å². The van der Waals surface area contributed by atoms with Gasteiger partial charge >= 0.3 is 6.01 Å². The van der Waals surface area contributed by atoms with Crippen LogP contribution in [0.4, 0.5) is 16.0 Å². The molecule has 4 aliphatic rings. The summed E-state index contributed by atoms with van der Waals surface area (Å²) < 4.78 is 20.3. The number of rotatable bonds is 7. The predicted molar refractivity (Wildman–Crippen MR) is 162 cm³/mol. The topological polar surface area (TPSA) is 101 Å². The number of hydrogen-bond donors (Lipinski definition) is 1. The largest absolute Gasteiger partial charge is 0.462 e. The number of halogens is 1. The number of alkyl halides is 1. The number of anilines is 2. The number of amides is 1. The lowest BCUT2D eigenvalue weighted by Gasteiger charge is -2.42. The van der Waals surface area contributed by atoms with Gasteiger partial charge in [0.2, 0.25) is 5.91 Å². The monoisotopic (exact) mass is 577 g/mol. The summed E-state index contributed by atoms with van der Waals surface area (Å²) in [5.41, 5.74) is 12.2. The van der Waals surface area contributed by atoms with Gasteiger partial charge in [-0.2, -0.15) is 9.97 Å². The molecule has 0 aromatic carbocycles. The fraction of sp³-hybridized carbons (Fsp3) is 0.625. The molecule has 2 saturated heterocycles. The van der Waals surface area contributed by atoms with Gasteiger partial charge in [0.05, 0.1) is 11.4 Å². The number of pyridine rings is 1. The highest BCUT2D eigenvalue weighted by atomic mass is 19.1. The van der Waals surface area contributed by atoms with E-state index in [1.54, 1.807) is 0 Å². The zero-order chi connectivity index (χ0) is 29.7. The van der Waals surface area contributed by atoms with Gasteiger partial charge in [0.1, 0.15) is 24.4 Å². The Hall–Kier alpha value is -3.27. The van der Waals surface area contributed by atoms with E-state index in [-0.39, 0.29) is 23.9 Å². The quantitative estimate of drug-likeness (QED) is 0.496. The zero-order valence-electron chi connectivity index (χ0n) is 25.4. The van der Waals surface area contributed by atoms with Gasteiger partial charge in [-0.25, -0.2) is 9.37 Å². The van der Waals surface area contributed by atoms with E-state index in [1.807, 2.05) is 22.9 Å². The van der Waals surface area contributed by atoms with Gasteiger partial charge in [-0.15, -0.1) is 0 Å². The molecular formula is C32H44FN7O2. The standard InChI is InChI=1S/C32H44FN7O2/c1-6-28(41)39-9-10-40(20(4)15-39)31-25-11-18(2)24(30-29(21-7-8-21)19(3)12-27(34)36-30)14-26(25)35-32(37-31)42-17-23-13-22(33)16-38(23)5/h6,12,18,20-24H,1,7-11,13-17H2,2-5H3,(H2,34,36)/t18-,20?,22+,23-,24-/m0/s1. The Bertz CT molecular complexity index is 1360. The van der Waals surface area contributed by atoms with Crippen molar-refractivity contribution in [3.05, 3.63) is 46.8 Å². The molecule has 2 aromatic rings. The number of hydrogen-bond acceptors (Lipinski definition) is 8. The Morgan fingerprint density at radius 2 is 1.98 bits per heavy atom. The van der Waals surface area contributed by atoms with Gasteiger partial charge in [-0.1, -0.05) is 13.5 Å². The van der Waals surface area contributed by atoms with Crippen molar-refractivity contribution in [1.82, 2.24) is 24.8 Å². The van der Waals surface area contributed by atoms with Crippen LogP contribution in [0.5, 0.6) is 6.01 Å². The van der Waals surface area contributed by atoms with Crippen LogP contribution in [0.2, 0.25) is 0 Å². The summed E-state index contributed by atoms with van der Waals surface area (Å²) in [5.74, 6) is 2.50. The first-order chi connectivity index (χ1) is 20.1. The summed E-state index contributed by atoms with van der Waals surface area (Å²) in [6.07, 6.45) is 4.96. The molecule has 226 valence electrons. The molecule has 9 nitrogen and oxygen atoms in total. The number of aryl methyl sites for hydroxylation is 1. The first kappa shape index (κ1) is 28.8. The normalized spacial score (nSPS) is 28.1. The van der Waals surface area contributed by atoms with Gasteiger partial charge in [-0.3, -0.25) is 9.69 Å². The van der Waals surface area contributed by atoms with Crippen molar-refractivity contribution in [2.45, 2.75) is 83.0 Å². The van der Waals surface area contributed by atoms with Crippen LogP contribution in [-0.4, -0.2) is 88.7 Å².